The molecule has 2 aromatic carbocycles. The van der Waals surface area contributed by atoms with Gasteiger partial charge in [0.05, 0.1) is 11.9 Å². The van der Waals surface area contributed by atoms with Crippen molar-refractivity contribution in [1.82, 2.24) is 9.97 Å². The van der Waals surface area contributed by atoms with Gasteiger partial charge in [-0.05, 0) is 42.8 Å². The molecule has 172 valence electrons. The van der Waals surface area contributed by atoms with E-state index in [2.05, 4.69) is 25.6 Å². The van der Waals surface area contributed by atoms with Crippen LogP contribution in [0, 0.1) is 11.2 Å². The Morgan fingerprint density at radius 3 is 2.76 bits per heavy atom. The Morgan fingerprint density at radius 1 is 1.29 bits per heavy atom. The molecule has 0 bridgehead atoms. The average molecular weight is 459 g/mol. The number of carbonyl (C=O) groups is 1. The van der Waals surface area contributed by atoms with Gasteiger partial charge in [0.15, 0.2) is 0 Å². The molecular formula is C24H23FN8O. The lowest BCUT2D eigenvalue weighted by atomic mass is 9.94. The van der Waals surface area contributed by atoms with Gasteiger partial charge in [0.1, 0.15) is 17.3 Å². The summed E-state index contributed by atoms with van der Waals surface area (Å²) in [5.41, 5.74) is 16.1. The molecule has 34 heavy (non-hydrogen) atoms. The van der Waals surface area contributed by atoms with E-state index in [-0.39, 0.29) is 11.6 Å². The molecule has 0 saturated heterocycles. The molecule has 1 aliphatic heterocycles. The van der Waals surface area contributed by atoms with E-state index in [0.29, 0.717) is 39.7 Å². The highest BCUT2D eigenvalue weighted by atomic mass is 19.1. The lowest BCUT2D eigenvalue weighted by molar-refractivity contribution is -0.114. The summed E-state index contributed by atoms with van der Waals surface area (Å²) in [4.78, 5) is 25.2. The van der Waals surface area contributed by atoms with Crippen molar-refractivity contribution in [2.75, 3.05) is 16.4 Å². The Kier molecular flexibility index (Phi) is 6.05. The summed E-state index contributed by atoms with van der Waals surface area (Å²) >= 11 is 0. The summed E-state index contributed by atoms with van der Waals surface area (Å²) in [6.07, 6.45) is 5.79. The number of nitrogens with one attached hydrogen (secondary N) is 3. The molecule has 9 nitrogen and oxygen atoms in total. The van der Waals surface area contributed by atoms with Gasteiger partial charge in [-0.2, -0.15) is 0 Å². The number of aliphatic imine (C=N–C) groups is 1. The summed E-state index contributed by atoms with van der Waals surface area (Å²) in [5.74, 6) is -1.06. The number of anilines is 4. The molecule has 4 rings (SSSR count). The maximum absolute atomic E-state index is 14.1. The monoisotopic (exact) mass is 458 g/mol. The van der Waals surface area contributed by atoms with Crippen molar-refractivity contribution in [3.63, 3.8) is 0 Å². The number of fused-ring (bicyclic) bond motifs is 1. The highest BCUT2D eigenvalue weighted by Crippen LogP contribution is 2.43. The summed E-state index contributed by atoms with van der Waals surface area (Å²) < 4.78 is 14.1. The zero-order valence-electron chi connectivity index (χ0n) is 18.6. The van der Waals surface area contributed by atoms with Crippen LogP contribution >= 0.6 is 0 Å². The summed E-state index contributed by atoms with van der Waals surface area (Å²) in [7, 11) is 0. The molecule has 0 aliphatic carbocycles. The molecule has 2 heterocycles. The number of nitrogen functional groups attached to an aromatic ring is 1. The first kappa shape index (κ1) is 22.6. The predicted octanol–water partition coefficient (Wildman–Crippen LogP) is 3.67. The number of benzene rings is 2. The lowest BCUT2D eigenvalue weighted by Crippen LogP contribution is -2.19. The van der Waals surface area contributed by atoms with Gasteiger partial charge in [-0.15, -0.1) is 0 Å². The van der Waals surface area contributed by atoms with Crippen LogP contribution in [0.1, 0.15) is 36.5 Å². The molecule has 1 aliphatic rings. The van der Waals surface area contributed by atoms with E-state index in [1.54, 1.807) is 31.3 Å². The van der Waals surface area contributed by atoms with Crippen LogP contribution < -0.4 is 22.1 Å². The number of amides is 1. The number of rotatable bonds is 6. The molecule has 10 heteroatoms. The van der Waals surface area contributed by atoms with Crippen molar-refractivity contribution in [3.05, 3.63) is 82.8 Å². The van der Waals surface area contributed by atoms with Crippen molar-refractivity contribution in [2.45, 2.75) is 19.8 Å². The van der Waals surface area contributed by atoms with Crippen molar-refractivity contribution >= 4 is 40.7 Å². The maximum atomic E-state index is 14.1. The average Bonchev–Trinajstić information content (AvgIpc) is 3.15. The number of allylic oxidation sites excluding steroid dienone is 1. The van der Waals surface area contributed by atoms with Gasteiger partial charge in [-0.3, -0.25) is 9.78 Å². The molecule has 0 radical (unpaired) electrons. The smallest absolute Gasteiger partial charge is 0.269 e. The minimum atomic E-state index is -0.745. The Hall–Kier alpha value is -4.60. The molecule has 7 N–H and O–H groups in total. The minimum absolute atomic E-state index is 0.00501. The summed E-state index contributed by atoms with van der Waals surface area (Å²) in [6, 6.07) is 7.66. The Balaban J connectivity index is 1.79. The van der Waals surface area contributed by atoms with Crippen LogP contribution in [0.15, 0.2) is 65.3 Å². The van der Waals surface area contributed by atoms with Gasteiger partial charge in [0.2, 0.25) is 0 Å². The molecule has 1 amide bonds. The number of nitrogens with two attached hydrogens (primary N) is 2. The van der Waals surface area contributed by atoms with Crippen LogP contribution in [-0.2, 0) is 4.79 Å². The third-order valence-electron chi connectivity index (χ3n) is 5.57. The molecule has 0 saturated carbocycles. The van der Waals surface area contributed by atoms with Gasteiger partial charge < -0.3 is 27.5 Å². The van der Waals surface area contributed by atoms with Gasteiger partial charge >= 0.3 is 0 Å². The van der Waals surface area contributed by atoms with Gasteiger partial charge in [-0.1, -0.05) is 6.92 Å². The second-order valence-corrected chi connectivity index (χ2v) is 7.75. The van der Waals surface area contributed by atoms with Crippen molar-refractivity contribution in [2.24, 2.45) is 10.7 Å². The molecule has 1 atom stereocenters. The highest BCUT2D eigenvalue weighted by molar-refractivity contribution is 6.07. The standard InChI is InChI=1S/C24H23FN8O/c1-12-21-16(10-26)17(27)4-6-19(21)33-22(12)23(24(28)34)31-13(2)15-9-14(25)3-5-18(15)32-20-11-29-7-8-30-20/h3-12,26,33H,27H2,1-2H3,(H2,28,34)(H,30,32)/b23-22+,26-10?,31-13?. The molecular weight excluding hydrogens is 435 g/mol. The number of carbonyl (C=O) groups excluding carboxylic acids is 1. The van der Waals surface area contributed by atoms with Crippen molar-refractivity contribution < 1.29 is 9.18 Å². The predicted molar refractivity (Wildman–Crippen MR) is 131 cm³/mol. The highest BCUT2D eigenvalue weighted by Gasteiger charge is 2.31. The molecule has 3 aromatic rings. The van der Waals surface area contributed by atoms with E-state index in [1.807, 2.05) is 6.92 Å². The first-order valence-electron chi connectivity index (χ1n) is 10.4. The number of aromatic nitrogens is 2. The van der Waals surface area contributed by atoms with Crippen LogP contribution in [0.5, 0.6) is 0 Å². The van der Waals surface area contributed by atoms with Crippen LogP contribution in [0.4, 0.5) is 27.3 Å². The van der Waals surface area contributed by atoms with E-state index in [1.165, 1.54) is 30.7 Å². The van der Waals surface area contributed by atoms with Gasteiger partial charge in [0, 0.05) is 58.4 Å². The van der Waals surface area contributed by atoms with Crippen LogP contribution in [0.25, 0.3) is 0 Å². The fourth-order valence-electron chi connectivity index (χ4n) is 3.95. The minimum Gasteiger partial charge on any atom is -0.398 e. The zero-order valence-corrected chi connectivity index (χ0v) is 18.6. The zero-order chi connectivity index (χ0) is 24.4. The first-order valence-corrected chi connectivity index (χ1v) is 10.4. The number of halogens is 1. The summed E-state index contributed by atoms with van der Waals surface area (Å²) in [5, 5.41) is 14.0. The largest absolute Gasteiger partial charge is 0.398 e. The number of nitrogens with zero attached hydrogens (tertiary/aromatic N) is 3. The quantitative estimate of drug-likeness (QED) is 0.216. The molecule has 1 aromatic heterocycles. The molecule has 1 unspecified atom stereocenters. The second kappa shape index (κ2) is 9.10. The van der Waals surface area contributed by atoms with Gasteiger partial charge in [0.25, 0.3) is 5.91 Å². The third kappa shape index (κ3) is 4.20. The van der Waals surface area contributed by atoms with E-state index in [0.717, 1.165) is 11.3 Å². The Labute approximate surface area is 195 Å². The molecule has 0 spiro atoms. The van der Waals surface area contributed by atoms with Crippen molar-refractivity contribution in [3.8, 4) is 0 Å². The Morgan fingerprint density at radius 2 is 2.09 bits per heavy atom. The maximum Gasteiger partial charge on any atom is 0.269 e. The number of hydrogen-bond donors (Lipinski definition) is 5. The number of primary amides is 1. The van der Waals surface area contributed by atoms with E-state index in [9.17, 15) is 9.18 Å². The van der Waals surface area contributed by atoms with Gasteiger partial charge in [-0.25, -0.2) is 14.4 Å². The van der Waals surface area contributed by atoms with Crippen molar-refractivity contribution in [1.29, 1.82) is 5.41 Å². The Bertz CT molecular complexity index is 1350. The van der Waals surface area contributed by atoms with E-state index in [4.69, 9.17) is 16.9 Å². The fourth-order valence-corrected chi connectivity index (χ4v) is 3.95. The van der Waals surface area contributed by atoms with Crippen LogP contribution in [-0.4, -0.2) is 27.8 Å². The molecule has 0 fully saturated rings. The first-order chi connectivity index (χ1) is 16.3. The lowest BCUT2D eigenvalue weighted by Gasteiger charge is -2.14. The normalized spacial score (nSPS) is 16.4. The summed E-state index contributed by atoms with van der Waals surface area (Å²) in [6.45, 7) is 3.53. The van der Waals surface area contributed by atoms with Crippen LogP contribution in [0.3, 0.4) is 0 Å². The fraction of sp³-hybridized carbons (Fsp3) is 0.125. The SMILES string of the molecule is CC(=N/C(C(N)=O)=C1/Nc2ccc(N)c(C=N)c2C1C)c1cc(F)ccc1Nc1cnccn1. The van der Waals surface area contributed by atoms with E-state index < -0.39 is 11.7 Å². The van der Waals surface area contributed by atoms with Crippen LogP contribution in [0.2, 0.25) is 0 Å². The third-order valence-corrected chi connectivity index (χ3v) is 5.57. The second-order valence-electron chi connectivity index (χ2n) is 7.75. The topological polar surface area (TPSA) is 155 Å². The van der Waals surface area contributed by atoms with E-state index >= 15 is 0 Å². The number of hydrogen-bond acceptors (Lipinski definition) is 8.